The first-order chi connectivity index (χ1) is 12.9. The maximum absolute atomic E-state index is 14.1. The van der Waals surface area contributed by atoms with Crippen molar-refractivity contribution < 1.29 is 27.8 Å². The molecule has 27 heavy (non-hydrogen) atoms. The van der Waals surface area contributed by atoms with Crippen LogP contribution in [-0.4, -0.2) is 47.1 Å². The number of nitrogens with zero attached hydrogens (tertiary/aromatic N) is 3. The minimum absolute atomic E-state index is 0.0575. The molecule has 1 saturated heterocycles. The second kappa shape index (κ2) is 6.34. The van der Waals surface area contributed by atoms with Crippen molar-refractivity contribution in [3.05, 3.63) is 36.4 Å². The van der Waals surface area contributed by atoms with Gasteiger partial charge in [-0.2, -0.15) is 8.78 Å². The molecule has 1 aromatic carbocycles. The molecule has 0 spiro atoms. The number of halogens is 2. The summed E-state index contributed by atoms with van der Waals surface area (Å²) in [6.45, 7) is 0.497. The van der Waals surface area contributed by atoms with Crippen molar-refractivity contribution in [1.29, 1.82) is 0 Å². The number of nitrogens with one attached hydrogen (secondary N) is 1. The van der Waals surface area contributed by atoms with Gasteiger partial charge in [-0.1, -0.05) is 0 Å². The van der Waals surface area contributed by atoms with E-state index in [2.05, 4.69) is 10.3 Å². The molecule has 3 heterocycles. The lowest BCUT2D eigenvalue weighted by Crippen LogP contribution is -2.34. The molecule has 4 rings (SSSR count). The molecule has 11 heteroatoms. The topological polar surface area (TPSA) is 77.9 Å². The van der Waals surface area contributed by atoms with Gasteiger partial charge in [0.05, 0.1) is 31.6 Å². The van der Waals surface area contributed by atoms with E-state index in [0.29, 0.717) is 11.4 Å². The first-order valence-corrected chi connectivity index (χ1v) is 8.35. The highest BCUT2D eigenvalue weighted by molar-refractivity contribution is 7.80. The largest absolute Gasteiger partial charge is 0.474 e. The number of methoxy groups -OCH3 is 1. The molecule has 2 aromatic rings. The Morgan fingerprint density at radius 1 is 1.52 bits per heavy atom. The molecule has 2 aliphatic rings. The summed E-state index contributed by atoms with van der Waals surface area (Å²) in [5, 5.41) is 2.99. The fourth-order valence-electron chi connectivity index (χ4n) is 2.96. The fraction of sp³-hybridized carbons (Fsp3) is 0.312. The summed E-state index contributed by atoms with van der Waals surface area (Å²) in [6, 6.07) is 4.60. The van der Waals surface area contributed by atoms with E-state index in [1.165, 1.54) is 35.0 Å². The average Bonchev–Trinajstić information content (AvgIpc) is 3.26. The molecule has 0 radical (unpaired) electrons. The van der Waals surface area contributed by atoms with Crippen molar-refractivity contribution in [3.8, 4) is 11.4 Å². The highest BCUT2D eigenvalue weighted by atomic mass is 32.1. The van der Waals surface area contributed by atoms with Gasteiger partial charge in [0, 0.05) is 18.5 Å². The highest BCUT2D eigenvalue weighted by Gasteiger charge is 2.44. The summed E-state index contributed by atoms with van der Waals surface area (Å²) in [5.41, 5.74) is 0.795. The normalized spacial score (nSPS) is 19.6. The van der Waals surface area contributed by atoms with Crippen molar-refractivity contribution in [2.45, 2.75) is 12.2 Å². The van der Waals surface area contributed by atoms with Crippen LogP contribution in [0.2, 0.25) is 0 Å². The van der Waals surface area contributed by atoms with E-state index in [1.54, 1.807) is 12.1 Å². The third kappa shape index (κ3) is 3.03. The number of imidazole rings is 1. The van der Waals surface area contributed by atoms with Crippen molar-refractivity contribution >= 4 is 29.2 Å². The molecule has 1 N–H and O–H groups in total. The Labute approximate surface area is 157 Å². The van der Waals surface area contributed by atoms with Gasteiger partial charge in [0.2, 0.25) is 5.82 Å². The van der Waals surface area contributed by atoms with Gasteiger partial charge in [-0.05, 0) is 24.4 Å². The van der Waals surface area contributed by atoms with E-state index in [0.717, 1.165) is 0 Å². The number of aromatic nitrogens is 2. The number of alkyl halides is 2. The van der Waals surface area contributed by atoms with Gasteiger partial charge >= 0.3 is 12.2 Å². The summed E-state index contributed by atoms with van der Waals surface area (Å²) in [7, 11) is 1.43. The summed E-state index contributed by atoms with van der Waals surface area (Å²) in [5.74, 6) is -0.554. The predicted octanol–water partition coefficient (Wildman–Crippen LogP) is 2.16. The molecule has 1 fully saturated rings. The summed E-state index contributed by atoms with van der Waals surface area (Å²) < 4.78 is 44.4. The summed E-state index contributed by atoms with van der Waals surface area (Å²) in [6.07, 6.45) is -1.92. The second-order valence-corrected chi connectivity index (χ2v) is 6.25. The summed E-state index contributed by atoms with van der Waals surface area (Å²) in [4.78, 5) is 17.1. The van der Waals surface area contributed by atoms with Crippen LogP contribution in [0.1, 0.15) is 5.82 Å². The van der Waals surface area contributed by atoms with Gasteiger partial charge in [-0.3, -0.25) is 9.47 Å². The minimum atomic E-state index is -3.57. The molecule has 0 saturated carbocycles. The first-order valence-electron chi connectivity index (χ1n) is 7.94. The monoisotopic (exact) mass is 396 g/mol. The zero-order valence-corrected chi connectivity index (χ0v) is 14.8. The lowest BCUT2D eigenvalue weighted by atomic mass is 10.2. The van der Waals surface area contributed by atoms with E-state index >= 15 is 0 Å². The second-order valence-electron chi connectivity index (χ2n) is 5.88. The number of benzene rings is 1. The first kappa shape index (κ1) is 17.5. The van der Waals surface area contributed by atoms with Gasteiger partial charge in [0.25, 0.3) is 5.17 Å². The van der Waals surface area contributed by atoms with Crippen LogP contribution in [0.4, 0.5) is 19.3 Å². The molecule has 1 aromatic heterocycles. The Bertz CT molecular complexity index is 920. The SMILES string of the molecule is COC(=S)NC[C@H]1CN(c2ccc3c(c2)OC(F)(F)c2nccn2-3)C(=O)O1. The van der Waals surface area contributed by atoms with Crippen LogP contribution in [0, 0.1) is 0 Å². The number of carbonyl (C=O) groups excluding carboxylic acids is 1. The molecule has 1 atom stereocenters. The lowest BCUT2D eigenvalue weighted by molar-refractivity contribution is -0.197. The van der Waals surface area contributed by atoms with Crippen LogP contribution in [0.15, 0.2) is 30.6 Å². The Balaban J connectivity index is 1.57. The van der Waals surface area contributed by atoms with Crippen molar-refractivity contribution in [2.75, 3.05) is 25.1 Å². The van der Waals surface area contributed by atoms with Gasteiger partial charge in [-0.25, -0.2) is 9.78 Å². The molecular weight excluding hydrogens is 382 g/mol. The molecule has 0 aliphatic carbocycles. The van der Waals surface area contributed by atoms with Crippen molar-refractivity contribution in [1.82, 2.24) is 14.9 Å². The fourth-order valence-corrected chi connectivity index (χ4v) is 3.04. The van der Waals surface area contributed by atoms with Gasteiger partial charge in [-0.15, -0.1) is 0 Å². The minimum Gasteiger partial charge on any atom is -0.474 e. The number of rotatable bonds is 3. The Morgan fingerprint density at radius 2 is 2.33 bits per heavy atom. The van der Waals surface area contributed by atoms with E-state index in [-0.39, 0.29) is 24.0 Å². The maximum atomic E-state index is 14.1. The highest BCUT2D eigenvalue weighted by Crippen LogP contribution is 2.42. The molecule has 0 unspecified atom stereocenters. The zero-order chi connectivity index (χ0) is 19.2. The van der Waals surface area contributed by atoms with Crippen LogP contribution in [0.5, 0.6) is 5.75 Å². The Kier molecular flexibility index (Phi) is 4.10. The van der Waals surface area contributed by atoms with Crippen molar-refractivity contribution in [3.63, 3.8) is 0 Å². The van der Waals surface area contributed by atoms with E-state index in [4.69, 9.17) is 26.4 Å². The van der Waals surface area contributed by atoms with Crippen LogP contribution in [0.25, 0.3) is 5.69 Å². The molecule has 0 bridgehead atoms. The molecule has 1 amide bonds. The van der Waals surface area contributed by atoms with Gasteiger partial charge < -0.3 is 19.5 Å². The number of hydrogen-bond acceptors (Lipinski definition) is 6. The van der Waals surface area contributed by atoms with E-state index in [1.807, 2.05) is 0 Å². The number of ether oxygens (including phenoxy) is 3. The van der Waals surface area contributed by atoms with Gasteiger partial charge in [0.15, 0.2) is 5.75 Å². The average molecular weight is 396 g/mol. The van der Waals surface area contributed by atoms with Crippen LogP contribution in [-0.2, 0) is 15.6 Å². The number of fused-ring (bicyclic) bond motifs is 3. The lowest BCUT2D eigenvalue weighted by Gasteiger charge is -2.27. The number of carbonyl (C=O) groups is 1. The number of thiocarbonyl (C=S) groups is 1. The van der Waals surface area contributed by atoms with Crippen molar-refractivity contribution in [2.24, 2.45) is 0 Å². The standard InChI is InChI=1S/C16H14F2N4O4S/c1-24-14(27)20-7-10-8-22(15(23)25-10)9-2-3-11-12(6-9)26-16(17,18)13-19-4-5-21(11)13/h2-6,10H,7-8H2,1H3,(H,20,27)/t10-/m0/s1. The maximum Gasteiger partial charge on any atom is 0.461 e. The van der Waals surface area contributed by atoms with Crippen LogP contribution in [0.3, 0.4) is 0 Å². The Hall–Kier alpha value is -2.95. The van der Waals surface area contributed by atoms with Crippen LogP contribution < -0.4 is 15.0 Å². The molecule has 8 nitrogen and oxygen atoms in total. The zero-order valence-electron chi connectivity index (χ0n) is 14.0. The van der Waals surface area contributed by atoms with Gasteiger partial charge in [0.1, 0.15) is 6.10 Å². The number of amides is 1. The number of cyclic esters (lactones) is 1. The third-order valence-electron chi connectivity index (χ3n) is 4.19. The molecular formula is C16H14F2N4O4S. The quantitative estimate of drug-likeness (QED) is 0.797. The smallest absolute Gasteiger partial charge is 0.461 e. The number of hydrogen-bond donors (Lipinski definition) is 1. The predicted molar refractivity (Wildman–Crippen MR) is 93.3 cm³/mol. The molecule has 142 valence electrons. The summed E-state index contributed by atoms with van der Waals surface area (Å²) >= 11 is 4.87. The van der Waals surface area contributed by atoms with Crippen LogP contribution >= 0.6 is 12.2 Å². The van der Waals surface area contributed by atoms with E-state index < -0.39 is 24.1 Å². The van der Waals surface area contributed by atoms with E-state index in [9.17, 15) is 13.6 Å². The third-order valence-corrected chi connectivity index (χ3v) is 4.50. The Morgan fingerprint density at radius 3 is 3.11 bits per heavy atom. The molecule has 2 aliphatic heterocycles. The number of anilines is 1.